The highest BCUT2D eigenvalue weighted by atomic mass is 32.1. The maximum atomic E-state index is 6.35. The van der Waals surface area contributed by atoms with Gasteiger partial charge in [-0.15, -0.1) is 11.3 Å². The van der Waals surface area contributed by atoms with Crippen molar-refractivity contribution in [3.8, 4) is 28.4 Å². The first-order chi connectivity index (χ1) is 19.3. The molecular weight excluding hydrogens is 498 g/mol. The smallest absolute Gasteiger partial charge is 0.145 e. The quantitative estimate of drug-likeness (QED) is 0.232. The Balaban J connectivity index is 1.27. The van der Waals surface area contributed by atoms with Gasteiger partial charge < -0.3 is 4.74 Å². The molecule has 0 saturated heterocycles. The van der Waals surface area contributed by atoms with Gasteiger partial charge in [-0.2, -0.15) is 0 Å². The number of hydrogen-bond donors (Lipinski definition) is 0. The van der Waals surface area contributed by atoms with Gasteiger partial charge in [-0.25, -0.2) is 4.98 Å². The molecule has 0 saturated carbocycles. The van der Waals surface area contributed by atoms with Crippen LogP contribution < -0.4 is 4.74 Å². The molecular formula is C34H21N3OS. The van der Waals surface area contributed by atoms with E-state index < -0.39 is 0 Å². The van der Waals surface area contributed by atoms with E-state index in [-0.39, 0.29) is 0 Å². The highest BCUT2D eigenvalue weighted by Gasteiger charge is 2.18. The zero-order valence-corrected chi connectivity index (χ0v) is 21.6. The molecule has 4 heterocycles. The van der Waals surface area contributed by atoms with Crippen molar-refractivity contribution < 1.29 is 4.74 Å². The van der Waals surface area contributed by atoms with Crippen molar-refractivity contribution in [1.82, 2.24) is 14.5 Å². The summed E-state index contributed by atoms with van der Waals surface area (Å²) in [5.74, 6) is 1.53. The van der Waals surface area contributed by atoms with Crippen LogP contribution in [-0.4, -0.2) is 14.5 Å². The van der Waals surface area contributed by atoms with Crippen molar-refractivity contribution in [1.29, 1.82) is 0 Å². The summed E-state index contributed by atoms with van der Waals surface area (Å²) in [7, 11) is 0. The molecule has 4 aromatic carbocycles. The Morgan fingerprint density at radius 3 is 2.36 bits per heavy atom. The molecule has 0 radical (unpaired) electrons. The second kappa shape index (κ2) is 8.79. The maximum Gasteiger partial charge on any atom is 0.145 e. The lowest BCUT2D eigenvalue weighted by Gasteiger charge is -2.11. The Morgan fingerprint density at radius 2 is 1.44 bits per heavy atom. The molecule has 0 fully saturated rings. The van der Waals surface area contributed by atoms with Crippen LogP contribution in [0.25, 0.3) is 59.1 Å². The van der Waals surface area contributed by atoms with Crippen LogP contribution in [-0.2, 0) is 0 Å². The van der Waals surface area contributed by atoms with Crippen molar-refractivity contribution in [2.75, 3.05) is 0 Å². The average Bonchev–Trinajstić information content (AvgIpc) is 3.54. The molecule has 0 aliphatic carbocycles. The van der Waals surface area contributed by atoms with Crippen LogP contribution in [0.2, 0.25) is 0 Å². The fourth-order valence-electron chi connectivity index (χ4n) is 5.45. The predicted molar refractivity (Wildman–Crippen MR) is 161 cm³/mol. The molecule has 5 heteroatoms. The van der Waals surface area contributed by atoms with Crippen LogP contribution in [0.5, 0.6) is 11.5 Å². The predicted octanol–water partition coefficient (Wildman–Crippen LogP) is 9.40. The number of fused-ring (bicyclic) bond motifs is 7. The molecule has 0 amide bonds. The van der Waals surface area contributed by atoms with Crippen molar-refractivity contribution in [3.05, 3.63) is 128 Å². The zero-order chi connectivity index (χ0) is 25.8. The molecule has 0 spiro atoms. The van der Waals surface area contributed by atoms with Gasteiger partial charge in [-0.1, -0.05) is 48.5 Å². The van der Waals surface area contributed by atoms with Gasteiger partial charge in [0.15, 0.2) is 0 Å². The van der Waals surface area contributed by atoms with E-state index in [0.717, 1.165) is 45.0 Å². The second-order valence-corrected chi connectivity index (χ2v) is 10.5. The van der Waals surface area contributed by atoms with E-state index in [4.69, 9.17) is 9.72 Å². The van der Waals surface area contributed by atoms with E-state index in [2.05, 4.69) is 64.1 Å². The first kappa shape index (κ1) is 22.0. The van der Waals surface area contributed by atoms with E-state index in [1.54, 1.807) is 6.20 Å². The normalized spacial score (nSPS) is 11.6. The summed E-state index contributed by atoms with van der Waals surface area (Å²) < 4.78 is 11.2. The number of benzene rings is 4. The van der Waals surface area contributed by atoms with Gasteiger partial charge in [-0.3, -0.25) is 9.55 Å². The Kier molecular flexibility index (Phi) is 4.96. The summed E-state index contributed by atoms with van der Waals surface area (Å²) >= 11 is 1.85. The fraction of sp³-hybridized carbons (Fsp3) is 0. The molecule has 0 aliphatic rings. The fourth-order valence-corrected chi connectivity index (χ4v) is 6.70. The monoisotopic (exact) mass is 519 g/mol. The molecule has 8 aromatic rings. The minimum Gasteiger partial charge on any atom is -0.457 e. The van der Waals surface area contributed by atoms with E-state index in [1.165, 1.54) is 25.6 Å². The molecule has 184 valence electrons. The Hall–Kier alpha value is -5.00. The summed E-state index contributed by atoms with van der Waals surface area (Å²) in [6.07, 6.45) is 3.67. The number of ether oxygens (including phenoxy) is 1. The van der Waals surface area contributed by atoms with Crippen molar-refractivity contribution in [2.45, 2.75) is 0 Å². The van der Waals surface area contributed by atoms with Crippen molar-refractivity contribution in [3.63, 3.8) is 0 Å². The SMILES string of the molecule is c1ccc(-c2cccc(Oc3cccc(-n4c5ccc6c7ccccc7sc6c5c5cccnc54)c3)c2)nc1. The van der Waals surface area contributed by atoms with Crippen LogP contribution in [0.15, 0.2) is 128 Å². The number of thiophene rings is 1. The molecule has 8 rings (SSSR count). The largest absolute Gasteiger partial charge is 0.457 e. The Morgan fingerprint density at radius 1 is 0.615 bits per heavy atom. The lowest BCUT2D eigenvalue weighted by atomic mass is 10.1. The van der Waals surface area contributed by atoms with Gasteiger partial charge in [0.1, 0.15) is 17.1 Å². The van der Waals surface area contributed by atoms with Crippen molar-refractivity contribution >= 4 is 53.4 Å². The summed E-state index contributed by atoms with van der Waals surface area (Å²) in [6, 6.07) is 39.5. The summed E-state index contributed by atoms with van der Waals surface area (Å²) in [5.41, 5.74) is 5.01. The second-order valence-electron chi connectivity index (χ2n) is 9.49. The van der Waals surface area contributed by atoms with Gasteiger partial charge in [0.05, 0.1) is 16.9 Å². The average molecular weight is 520 g/mol. The molecule has 0 aliphatic heterocycles. The number of rotatable bonds is 4. The van der Waals surface area contributed by atoms with E-state index in [9.17, 15) is 0 Å². The Bertz CT molecular complexity index is 2160. The van der Waals surface area contributed by atoms with Crippen LogP contribution >= 0.6 is 11.3 Å². The maximum absolute atomic E-state index is 6.35. The molecule has 4 nitrogen and oxygen atoms in total. The lowest BCUT2D eigenvalue weighted by Crippen LogP contribution is -1.96. The summed E-state index contributed by atoms with van der Waals surface area (Å²) in [6.45, 7) is 0. The number of nitrogens with zero attached hydrogens (tertiary/aromatic N) is 3. The van der Waals surface area contributed by atoms with Gasteiger partial charge >= 0.3 is 0 Å². The van der Waals surface area contributed by atoms with Crippen LogP contribution in [0.4, 0.5) is 0 Å². The topological polar surface area (TPSA) is 39.9 Å². The summed E-state index contributed by atoms with van der Waals surface area (Å²) in [5, 5.41) is 4.98. The first-order valence-electron chi connectivity index (χ1n) is 12.8. The first-order valence-corrected chi connectivity index (χ1v) is 13.6. The third-order valence-corrected chi connectivity index (χ3v) is 8.34. The zero-order valence-electron chi connectivity index (χ0n) is 20.8. The van der Waals surface area contributed by atoms with Gasteiger partial charge in [0.2, 0.25) is 0 Å². The van der Waals surface area contributed by atoms with Gasteiger partial charge in [0, 0.05) is 55.0 Å². The third kappa shape index (κ3) is 3.59. The van der Waals surface area contributed by atoms with E-state index >= 15 is 0 Å². The Labute approximate surface area is 228 Å². The molecule has 4 aromatic heterocycles. The van der Waals surface area contributed by atoms with Crippen molar-refractivity contribution in [2.24, 2.45) is 0 Å². The molecule has 39 heavy (non-hydrogen) atoms. The standard InChI is InChI=1S/C34H21N3OS/c1-2-15-31-26(12-1)27-16-17-30-32(33(27)39-31)28-13-7-19-36-34(28)37(30)23-9-6-11-25(21-23)38-24-10-5-8-22(20-24)29-14-3-4-18-35-29/h1-21H. The van der Waals surface area contributed by atoms with Gasteiger partial charge in [0.25, 0.3) is 0 Å². The molecule has 0 unspecified atom stereocenters. The highest BCUT2D eigenvalue weighted by molar-refractivity contribution is 7.26. The van der Waals surface area contributed by atoms with Crippen LogP contribution in [0.3, 0.4) is 0 Å². The minimum atomic E-state index is 0.763. The third-order valence-electron chi connectivity index (χ3n) is 7.14. The summed E-state index contributed by atoms with van der Waals surface area (Å²) in [4.78, 5) is 9.31. The number of pyridine rings is 2. The van der Waals surface area contributed by atoms with Crippen LogP contribution in [0, 0.1) is 0 Å². The minimum absolute atomic E-state index is 0.763. The van der Waals surface area contributed by atoms with Crippen LogP contribution in [0.1, 0.15) is 0 Å². The highest BCUT2D eigenvalue weighted by Crippen LogP contribution is 2.43. The molecule has 0 N–H and O–H groups in total. The lowest BCUT2D eigenvalue weighted by molar-refractivity contribution is 0.482. The van der Waals surface area contributed by atoms with Gasteiger partial charge in [-0.05, 0) is 60.7 Å². The molecule has 0 atom stereocenters. The number of aromatic nitrogens is 3. The molecule has 0 bridgehead atoms. The number of hydrogen-bond acceptors (Lipinski definition) is 4. The van der Waals surface area contributed by atoms with E-state index in [1.807, 2.05) is 78.2 Å². The van der Waals surface area contributed by atoms with E-state index in [0.29, 0.717) is 0 Å².